The minimum absolute atomic E-state index is 0.00710. The second kappa shape index (κ2) is 6.50. The van der Waals surface area contributed by atoms with Gasteiger partial charge in [-0.05, 0) is 60.1 Å². The molecule has 0 amide bonds. The average molecular weight is 262 g/mol. The summed E-state index contributed by atoms with van der Waals surface area (Å²) in [5, 5.41) is 9.08. The van der Waals surface area contributed by atoms with Gasteiger partial charge in [0.15, 0.2) is 0 Å². The Balaban J connectivity index is 3.62. The van der Waals surface area contributed by atoms with Gasteiger partial charge in [0.1, 0.15) is 6.29 Å². The van der Waals surface area contributed by atoms with Crippen molar-refractivity contribution in [2.45, 2.75) is 53.4 Å². The monoisotopic (exact) mass is 262 g/mol. The summed E-state index contributed by atoms with van der Waals surface area (Å²) >= 11 is 0. The van der Waals surface area contributed by atoms with E-state index in [2.05, 4.69) is 13.8 Å². The Morgan fingerprint density at radius 2 is 1.47 bits per heavy atom. The molecule has 1 aromatic carbocycles. The molecule has 104 valence electrons. The molecule has 0 aliphatic carbocycles. The highest BCUT2D eigenvalue weighted by Crippen LogP contribution is 2.29. The number of carbonyl (C=O) groups is 2. The van der Waals surface area contributed by atoms with Crippen LogP contribution in [0, 0.1) is 13.8 Å². The largest absolute Gasteiger partial charge is 0.481 e. The third kappa shape index (κ3) is 3.03. The zero-order valence-electron chi connectivity index (χ0n) is 12.2. The third-order valence-corrected chi connectivity index (χ3v) is 3.86. The lowest BCUT2D eigenvalue weighted by Gasteiger charge is -2.21. The van der Waals surface area contributed by atoms with Gasteiger partial charge in [-0.3, -0.25) is 4.79 Å². The van der Waals surface area contributed by atoms with E-state index in [9.17, 15) is 9.59 Å². The van der Waals surface area contributed by atoms with Gasteiger partial charge in [0.05, 0.1) is 6.42 Å². The van der Waals surface area contributed by atoms with E-state index in [4.69, 9.17) is 5.11 Å². The molecule has 0 heterocycles. The van der Waals surface area contributed by atoms with E-state index in [-0.39, 0.29) is 6.42 Å². The van der Waals surface area contributed by atoms with Gasteiger partial charge in [-0.25, -0.2) is 0 Å². The van der Waals surface area contributed by atoms with Gasteiger partial charge in [0, 0.05) is 6.42 Å². The molecule has 3 nitrogen and oxygen atoms in total. The number of carboxylic acids is 1. The van der Waals surface area contributed by atoms with Crippen LogP contribution in [-0.2, 0) is 35.3 Å². The summed E-state index contributed by atoms with van der Waals surface area (Å²) in [5.74, 6) is -0.846. The lowest BCUT2D eigenvalue weighted by molar-refractivity contribution is -0.136. The maximum Gasteiger partial charge on any atom is 0.307 e. The Bertz CT molecular complexity index is 501. The SMILES string of the molecule is CCc1c(C)c(CC=O)c(CC(=O)O)c(C)c1CC. The number of aldehydes is 1. The average Bonchev–Trinajstić information content (AvgIpc) is 2.36. The highest BCUT2D eigenvalue weighted by molar-refractivity contribution is 5.73. The Morgan fingerprint density at radius 3 is 1.84 bits per heavy atom. The topological polar surface area (TPSA) is 54.4 Å². The van der Waals surface area contributed by atoms with Crippen molar-refractivity contribution in [3.05, 3.63) is 33.4 Å². The molecule has 0 aromatic heterocycles. The molecule has 19 heavy (non-hydrogen) atoms. The molecule has 3 heteroatoms. The van der Waals surface area contributed by atoms with Crippen molar-refractivity contribution < 1.29 is 14.7 Å². The van der Waals surface area contributed by atoms with Crippen LogP contribution in [0.1, 0.15) is 47.2 Å². The van der Waals surface area contributed by atoms with Gasteiger partial charge >= 0.3 is 5.97 Å². The molecule has 0 aliphatic heterocycles. The second-order valence-electron chi connectivity index (χ2n) is 4.81. The lowest BCUT2D eigenvalue weighted by atomic mass is 9.83. The van der Waals surface area contributed by atoms with Crippen LogP contribution >= 0.6 is 0 Å². The number of carbonyl (C=O) groups excluding carboxylic acids is 1. The fourth-order valence-electron chi connectivity index (χ4n) is 2.98. The summed E-state index contributed by atoms with van der Waals surface area (Å²) in [6.45, 7) is 8.17. The van der Waals surface area contributed by atoms with E-state index in [1.807, 2.05) is 13.8 Å². The van der Waals surface area contributed by atoms with Crippen LogP contribution in [0.15, 0.2) is 0 Å². The summed E-state index contributed by atoms with van der Waals surface area (Å²) in [5.41, 5.74) is 6.38. The van der Waals surface area contributed by atoms with Gasteiger partial charge in [0.2, 0.25) is 0 Å². The van der Waals surface area contributed by atoms with Crippen LogP contribution in [0.2, 0.25) is 0 Å². The molecular formula is C16H22O3. The first-order valence-electron chi connectivity index (χ1n) is 6.75. The fourth-order valence-corrected chi connectivity index (χ4v) is 2.98. The zero-order valence-corrected chi connectivity index (χ0v) is 12.2. The minimum atomic E-state index is -0.846. The number of rotatable bonds is 6. The van der Waals surface area contributed by atoms with Crippen LogP contribution in [-0.4, -0.2) is 17.4 Å². The molecule has 1 rings (SSSR count). The van der Waals surface area contributed by atoms with Crippen molar-refractivity contribution in [1.82, 2.24) is 0 Å². The van der Waals surface area contributed by atoms with Crippen molar-refractivity contribution >= 4 is 12.3 Å². The summed E-state index contributed by atoms with van der Waals surface area (Å²) < 4.78 is 0. The molecular weight excluding hydrogens is 240 g/mol. The van der Waals surface area contributed by atoms with E-state index in [1.165, 1.54) is 11.1 Å². The van der Waals surface area contributed by atoms with Crippen LogP contribution in [0.5, 0.6) is 0 Å². The molecule has 0 bridgehead atoms. The van der Waals surface area contributed by atoms with Crippen molar-refractivity contribution in [3.8, 4) is 0 Å². The molecule has 1 aromatic rings. The lowest BCUT2D eigenvalue weighted by Crippen LogP contribution is -2.13. The molecule has 0 spiro atoms. The number of benzene rings is 1. The number of aliphatic carboxylic acids is 1. The first kappa shape index (κ1) is 15.4. The highest BCUT2D eigenvalue weighted by Gasteiger charge is 2.18. The van der Waals surface area contributed by atoms with Crippen molar-refractivity contribution in [1.29, 1.82) is 0 Å². The predicted molar refractivity (Wildman–Crippen MR) is 75.8 cm³/mol. The molecule has 0 aliphatic rings. The van der Waals surface area contributed by atoms with Gasteiger partial charge < -0.3 is 9.90 Å². The quantitative estimate of drug-likeness (QED) is 0.802. The van der Waals surface area contributed by atoms with Crippen LogP contribution in [0.3, 0.4) is 0 Å². The first-order valence-corrected chi connectivity index (χ1v) is 6.75. The smallest absolute Gasteiger partial charge is 0.307 e. The Morgan fingerprint density at radius 1 is 1.00 bits per heavy atom. The van der Waals surface area contributed by atoms with Crippen LogP contribution < -0.4 is 0 Å². The van der Waals surface area contributed by atoms with Gasteiger partial charge in [-0.1, -0.05) is 13.8 Å². The molecule has 0 saturated heterocycles. The standard InChI is InChI=1S/C16H22O3/c1-5-12-10(3)14(7-8-17)15(9-16(18)19)11(4)13(12)6-2/h8H,5-7,9H2,1-4H3,(H,18,19). The molecule has 0 unspecified atom stereocenters. The second-order valence-corrected chi connectivity index (χ2v) is 4.81. The molecule has 1 N–H and O–H groups in total. The first-order chi connectivity index (χ1) is 8.97. The van der Waals surface area contributed by atoms with Gasteiger partial charge in [-0.2, -0.15) is 0 Å². The van der Waals surface area contributed by atoms with E-state index in [1.54, 1.807) is 0 Å². The van der Waals surface area contributed by atoms with Crippen molar-refractivity contribution in [3.63, 3.8) is 0 Å². The Hall–Kier alpha value is -1.64. The van der Waals surface area contributed by atoms with Crippen molar-refractivity contribution in [2.24, 2.45) is 0 Å². The maximum atomic E-state index is 11.1. The van der Waals surface area contributed by atoms with Crippen LogP contribution in [0.25, 0.3) is 0 Å². The molecule has 0 radical (unpaired) electrons. The molecule has 0 atom stereocenters. The summed E-state index contributed by atoms with van der Waals surface area (Å²) in [7, 11) is 0. The summed E-state index contributed by atoms with van der Waals surface area (Å²) in [4.78, 5) is 21.9. The Kier molecular flexibility index (Phi) is 5.28. The normalized spacial score (nSPS) is 10.5. The number of carboxylic acid groups (broad SMARTS) is 1. The summed E-state index contributed by atoms with van der Waals surface area (Å²) in [6, 6.07) is 0. The predicted octanol–water partition coefficient (Wildman–Crippen LogP) is 2.80. The highest BCUT2D eigenvalue weighted by atomic mass is 16.4. The molecule has 0 fully saturated rings. The van der Waals surface area contributed by atoms with Crippen LogP contribution in [0.4, 0.5) is 0 Å². The third-order valence-electron chi connectivity index (χ3n) is 3.86. The van der Waals surface area contributed by atoms with E-state index >= 15 is 0 Å². The number of hydrogen-bond acceptors (Lipinski definition) is 2. The Labute approximate surface area is 114 Å². The zero-order chi connectivity index (χ0) is 14.6. The van der Waals surface area contributed by atoms with Crippen molar-refractivity contribution in [2.75, 3.05) is 0 Å². The number of hydrogen-bond donors (Lipinski definition) is 1. The van der Waals surface area contributed by atoms with E-state index < -0.39 is 5.97 Å². The molecule has 0 saturated carbocycles. The maximum absolute atomic E-state index is 11.1. The van der Waals surface area contributed by atoms with E-state index in [0.717, 1.165) is 41.4 Å². The van der Waals surface area contributed by atoms with Gasteiger partial charge in [-0.15, -0.1) is 0 Å². The summed E-state index contributed by atoms with van der Waals surface area (Å²) in [6.07, 6.45) is 2.95. The van der Waals surface area contributed by atoms with E-state index in [0.29, 0.717) is 6.42 Å². The van der Waals surface area contributed by atoms with Gasteiger partial charge in [0.25, 0.3) is 0 Å². The fraction of sp³-hybridized carbons (Fsp3) is 0.500. The minimum Gasteiger partial charge on any atom is -0.481 e.